The van der Waals surface area contributed by atoms with Crippen LogP contribution < -0.4 is 5.32 Å². The van der Waals surface area contributed by atoms with E-state index in [1.165, 1.54) is 0 Å². The van der Waals surface area contributed by atoms with Crippen LogP contribution in [-0.4, -0.2) is 16.0 Å². The molecule has 0 amide bonds. The fourth-order valence-corrected chi connectivity index (χ4v) is 2.72. The first kappa shape index (κ1) is 12.9. The van der Waals surface area contributed by atoms with Crippen LogP contribution in [0, 0.1) is 11.3 Å². The van der Waals surface area contributed by atoms with Crippen molar-refractivity contribution < 1.29 is 0 Å². The van der Waals surface area contributed by atoms with Gasteiger partial charge in [-0.1, -0.05) is 0 Å². The summed E-state index contributed by atoms with van der Waals surface area (Å²) in [5.41, 5.74) is 4.44. The summed E-state index contributed by atoms with van der Waals surface area (Å²) in [6.45, 7) is 4.18. The molecule has 3 aromatic rings. The van der Waals surface area contributed by atoms with Gasteiger partial charge in [-0.25, -0.2) is 0 Å². The lowest BCUT2D eigenvalue weighted by atomic mass is 10.1. The lowest BCUT2D eigenvalue weighted by molar-refractivity contribution is 0.899. The number of nitrogens with one attached hydrogen (secondary N) is 2. The van der Waals surface area contributed by atoms with Gasteiger partial charge in [0.05, 0.1) is 32.8 Å². The van der Waals surface area contributed by atoms with Gasteiger partial charge in [-0.05, 0) is 48.0 Å². The molecule has 0 saturated carbocycles. The molecule has 2 aromatic heterocycles. The number of nitrogens with zero attached hydrogens (tertiary/aromatic N) is 2. The van der Waals surface area contributed by atoms with Crippen molar-refractivity contribution in [1.29, 1.82) is 5.26 Å². The number of benzene rings is 1. The van der Waals surface area contributed by atoms with Crippen LogP contribution in [0.3, 0.4) is 0 Å². The Kier molecular flexibility index (Phi) is 3.11. The Morgan fingerprint density at radius 2 is 2.20 bits per heavy atom. The van der Waals surface area contributed by atoms with Crippen LogP contribution in [0.4, 0.5) is 5.69 Å². The highest BCUT2D eigenvalue weighted by atomic mass is 79.9. The van der Waals surface area contributed by atoms with Gasteiger partial charge in [0.2, 0.25) is 0 Å². The average Bonchev–Trinajstić information content (AvgIpc) is 2.79. The van der Waals surface area contributed by atoms with Crippen molar-refractivity contribution in [2.45, 2.75) is 19.9 Å². The Morgan fingerprint density at radius 3 is 2.90 bits per heavy atom. The number of anilines is 1. The van der Waals surface area contributed by atoms with Crippen LogP contribution in [-0.2, 0) is 0 Å². The Balaban J connectivity index is 2.34. The van der Waals surface area contributed by atoms with Gasteiger partial charge in [-0.3, -0.25) is 4.98 Å². The van der Waals surface area contributed by atoms with E-state index in [2.05, 4.69) is 51.1 Å². The topological polar surface area (TPSA) is 64.5 Å². The second-order valence-electron chi connectivity index (χ2n) is 5.00. The predicted molar refractivity (Wildman–Crippen MR) is 84.8 cm³/mol. The Hall–Kier alpha value is -2.06. The molecule has 4 nitrogen and oxygen atoms in total. The second-order valence-corrected chi connectivity index (χ2v) is 5.86. The highest BCUT2D eigenvalue weighted by molar-refractivity contribution is 9.10. The van der Waals surface area contributed by atoms with E-state index in [1.807, 2.05) is 18.2 Å². The summed E-state index contributed by atoms with van der Waals surface area (Å²) in [6.07, 6.45) is 1.80. The van der Waals surface area contributed by atoms with Gasteiger partial charge in [-0.2, -0.15) is 5.26 Å². The van der Waals surface area contributed by atoms with Gasteiger partial charge in [0.15, 0.2) is 0 Å². The molecule has 0 aliphatic heterocycles. The van der Waals surface area contributed by atoms with Crippen LogP contribution in [0.1, 0.15) is 19.4 Å². The number of hydrogen-bond donors (Lipinski definition) is 2. The number of fused-ring (bicyclic) bond motifs is 3. The molecule has 0 atom stereocenters. The maximum Gasteiger partial charge on any atom is 0.0992 e. The van der Waals surface area contributed by atoms with Gasteiger partial charge < -0.3 is 10.3 Å². The molecular weight excluding hydrogens is 316 g/mol. The highest BCUT2D eigenvalue weighted by Crippen LogP contribution is 2.34. The van der Waals surface area contributed by atoms with Crippen LogP contribution in [0.2, 0.25) is 0 Å². The van der Waals surface area contributed by atoms with Gasteiger partial charge in [0, 0.05) is 23.1 Å². The number of aromatic nitrogens is 2. The minimum Gasteiger partial charge on any atom is -0.380 e. The number of rotatable bonds is 2. The number of hydrogen-bond acceptors (Lipinski definition) is 3. The molecule has 2 N–H and O–H groups in total. The second kappa shape index (κ2) is 4.80. The minimum atomic E-state index is 0.318. The lowest BCUT2D eigenvalue weighted by Gasteiger charge is -2.12. The van der Waals surface area contributed by atoms with Crippen molar-refractivity contribution >= 4 is 43.6 Å². The third-order valence-electron chi connectivity index (χ3n) is 3.13. The SMILES string of the molecule is CC(C)Nc1c(Br)cnc2c1[nH]c1cc(C#N)ccc12. The standard InChI is InChI=1S/C15H13BrN4/c1-8(2)19-14-11(16)7-18-13-10-4-3-9(6-17)5-12(10)20-15(13)14/h3-5,7-8,20H,1-2H3,(H,18,19). The Bertz CT molecular complexity index is 842. The predicted octanol–water partition coefficient (Wildman–Crippen LogP) is 4.17. The number of pyridine rings is 1. The number of aromatic amines is 1. The molecule has 0 unspecified atom stereocenters. The molecule has 0 radical (unpaired) electrons. The summed E-state index contributed by atoms with van der Waals surface area (Å²) >= 11 is 3.53. The molecule has 1 aromatic carbocycles. The fourth-order valence-electron chi connectivity index (χ4n) is 2.30. The van der Waals surface area contributed by atoms with Gasteiger partial charge in [-0.15, -0.1) is 0 Å². The van der Waals surface area contributed by atoms with Crippen LogP contribution in [0.15, 0.2) is 28.9 Å². The third-order valence-corrected chi connectivity index (χ3v) is 3.73. The molecule has 0 saturated heterocycles. The maximum atomic E-state index is 8.99. The fraction of sp³-hybridized carbons (Fsp3) is 0.200. The maximum absolute atomic E-state index is 8.99. The first-order chi connectivity index (χ1) is 9.60. The zero-order valence-corrected chi connectivity index (χ0v) is 12.7. The van der Waals surface area contributed by atoms with E-state index in [0.717, 1.165) is 32.1 Å². The molecule has 20 heavy (non-hydrogen) atoms. The van der Waals surface area contributed by atoms with Crippen molar-refractivity contribution in [3.8, 4) is 6.07 Å². The van der Waals surface area contributed by atoms with E-state index in [0.29, 0.717) is 11.6 Å². The Morgan fingerprint density at radius 1 is 1.40 bits per heavy atom. The van der Waals surface area contributed by atoms with E-state index in [9.17, 15) is 0 Å². The zero-order valence-electron chi connectivity index (χ0n) is 11.2. The molecular formula is C15H13BrN4. The van der Waals surface area contributed by atoms with E-state index < -0.39 is 0 Å². The average molecular weight is 329 g/mol. The number of halogens is 1. The first-order valence-electron chi connectivity index (χ1n) is 6.36. The van der Waals surface area contributed by atoms with Crippen LogP contribution in [0.5, 0.6) is 0 Å². The third kappa shape index (κ3) is 2.02. The summed E-state index contributed by atoms with van der Waals surface area (Å²) in [7, 11) is 0. The van der Waals surface area contributed by atoms with E-state index >= 15 is 0 Å². The molecule has 0 aliphatic carbocycles. The lowest BCUT2D eigenvalue weighted by Crippen LogP contribution is -2.10. The van der Waals surface area contributed by atoms with Crippen LogP contribution >= 0.6 is 15.9 Å². The van der Waals surface area contributed by atoms with Crippen molar-refractivity contribution in [1.82, 2.24) is 9.97 Å². The van der Waals surface area contributed by atoms with E-state index in [1.54, 1.807) is 6.20 Å². The molecule has 100 valence electrons. The van der Waals surface area contributed by atoms with E-state index in [-0.39, 0.29) is 0 Å². The van der Waals surface area contributed by atoms with Crippen molar-refractivity contribution in [3.63, 3.8) is 0 Å². The molecule has 3 rings (SSSR count). The molecule has 5 heteroatoms. The highest BCUT2D eigenvalue weighted by Gasteiger charge is 2.13. The summed E-state index contributed by atoms with van der Waals surface area (Å²) in [5.74, 6) is 0. The monoisotopic (exact) mass is 328 g/mol. The van der Waals surface area contributed by atoms with Crippen molar-refractivity contribution in [2.24, 2.45) is 0 Å². The Labute approximate surface area is 124 Å². The molecule has 0 fully saturated rings. The molecule has 0 spiro atoms. The number of nitriles is 1. The summed E-state index contributed by atoms with van der Waals surface area (Å²) in [6, 6.07) is 8.08. The largest absolute Gasteiger partial charge is 0.380 e. The van der Waals surface area contributed by atoms with Gasteiger partial charge in [0.25, 0.3) is 0 Å². The van der Waals surface area contributed by atoms with Gasteiger partial charge in [0.1, 0.15) is 0 Å². The molecule has 0 aliphatic rings. The summed E-state index contributed by atoms with van der Waals surface area (Å²) in [5, 5.41) is 13.4. The first-order valence-corrected chi connectivity index (χ1v) is 7.16. The summed E-state index contributed by atoms with van der Waals surface area (Å²) in [4.78, 5) is 7.85. The van der Waals surface area contributed by atoms with Gasteiger partial charge >= 0.3 is 0 Å². The normalized spacial score (nSPS) is 11.2. The van der Waals surface area contributed by atoms with Crippen molar-refractivity contribution in [2.75, 3.05) is 5.32 Å². The summed E-state index contributed by atoms with van der Waals surface area (Å²) < 4.78 is 0.922. The zero-order chi connectivity index (χ0) is 14.3. The van der Waals surface area contributed by atoms with Crippen molar-refractivity contribution in [3.05, 3.63) is 34.4 Å². The molecule has 2 heterocycles. The smallest absolute Gasteiger partial charge is 0.0992 e. The van der Waals surface area contributed by atoms with Crippen LogP contribution in [0.25, 0.3) is 21.9 Å². The van der Waals surface area contributed by atoms with E-state index in [4.69, 9.17) is 5.26 Å². The molecule has 0 bridgehead atoms. The minimum absolute atomic E-state index is 0.318. The number of H-pyrrole nitrogens is 1. The quantitative estimate of drug-likeness (QED) is 0.742.